The summed E-state index contributed by atoms with van der Waals surface area (Å²) in [5, 5.41) is 2.98. The summed E-state index contributed by atoms with van der Waals surface area (Å²) in [5.41, 5.74) is 2.69. The molecule has 5 nitrogen and oxygen atoms in total. The molecule has 30 heavy (non-hydrogen) atoms. The van der Waals surface area contributed by atoms with Crippen molar-refractivity contribution < 1.29 is 14.3 Å². The fourth-order valence-electron chi connectivity index (χ4n) is 3.30. The maximum atomic E-state index is 13.2. The monoisotopic (exact) mass is 402 g/mol. The standard InChI is InChI=1S/C25H26N2O3/c1-19(28)27(18-21-13-15-23(30-2)16-14-21)24(22-11-7-4-8-12-22)25(29)26-17-20-9-5-3-6-10-20/h3-16,24H,17-18H2,1-2H3,(H,26,29)/t24-/m0/s1. The summed E-state index contributed by atoms with van der Waals surface area (Å²) in [7, 11) is 1.61. The van der Waals surface area contributed by atoms with E-state index in [1.165, 1.54) is 6.92 Å². The number of rotatable bonds is 8. The molecule has 154 valence electrons. The van der Waals surface area contributed by atoms with Crippen molar-refractivity contribution in [2.75, 3.05) is 7.11 Å². The van der Waals surface area contributed by atoms with Crippen molar-refractivity contribution in [3.63, 3.8) is 0 Å². The van der Waals surface area contributed by atoms with E-state index < -0.39 is 6.04 Å². The largest absolute Gasteiger partial charge is 0.497 e. The molecule has 0 saturated heterocycles. The van der Waals surface area contributed by atoms with Gasteiger partial charge in [-0.05, 0) is 28.8 Å². The van der Waals surface area contributed by atoms with Gasteiger partial charge >= 0.3 is 0 Å². The molecule has 0 aromatic heterocycles. The second-order valence-electron chi connectivity index (χ2n) is 7.01. The van der Waals surface area contributed by atoms with Crippen molar-refractivity contribution in [3.8, 4) is 5.75 Å². The summed E-state index contributed by atoms with van der Waals surface area (Å²) in [6, 6.07) is 25.9. The van der Waals surface area contributed by atoms with E-state index in [4.69, 9.17) is 4.74 Å². The van der Waals surface area contributed by atoms with E-state index in [2.05, 4.69) is 5.32 Å². The van der Waals surface area contributed by atoms with Gasteiger partial charge in [0.15, 0.2) is 0 Å². The van der Waals surface area contributed by atoms with Crippen LogP contribution in [0.5, 0.6) is 5.75 Å². The van der Waals surface area contributed by atoms with Crippen molar-refractivity contribution in [3.05, 3.63) is 102 Å². The van der Waals surface area contributed by atoms with Crippen LogP contribution in [0, 0.1) is 0 Å². The van der Waals surface area contributed by atoms with Gasteiger partial charge in [-0.15, -0.1) is 0 Å². The predicted molar refractivity (Wildman–Crippen MR) is 117 cm³/mol. The molecule has 2 amide bonds. The number of carbonyl (C=O) groups is 2. The normalized spacial score (nSPS) is 11.4. The summed E-state index contributed by atoms with van der Waals surface area (Å²) >= 11 is 0. The van der Waals surface area contributed by atoms with Gasteiger partial charge in [0.1, 0.15) is 11.8 Å². The minimum atomic E-state index is -0.727. The first-order valence-electron chi connectivity index (χ1n) is 9.85. The molecule has 0 fully saturated rings. The number of hydrogen-bond acceptors (Lipinski definition) is 3. The lowest BCUT2D eigenvalue weighted by Gasteiger charge is -2.30. The third-order valence-electron chi connectivity index (χ3n) is 4.90. The van der Waals surface area contributed by atoms with Gasteiger partial charge in [-0.2, -0.15) is 0 Å². The molecule has 3 aromatic carbocycles. The number of ether oxygens (including phenoxy) is 1. The highest BCUT2D eigenvalue weighted by atomic mass is 16.5. The van der Waals surface area contributed by atoms with E-state index in [-0.39, 0.29) is 11.8 Å². The Labute approximate surface area is 177 Å². The minimum absolute atomic E-state index is 0.172. The zero-order valence-corrected chi connectivity index (χ0v) is 17.2. The Bertz CT molecular complexity index is 957. The number of methoxy groups -OCH3 is 1. The number of benzene rings is 3. The van der Waals surface area contributed by atoms with E-state index in [1.54, 1.807) is 12.0 Å². The molecule has 0 aliphatic carbocycles. The van der Waals surface area contributed by atoms with Gasteiger partial charge in [-0.25, -0.2) is 0 Å². The average Bonchev–Trinajstić information content (AvgIpc) is 2.79. The molecular weight excluding hydrogens is 376 g/mol. The van der Waals surface area contributed by atoms with Crippen LogP contribution in [-0.2, 0) is 22.7 Å². The molecule has 1 atom stereocenters. The lowest BCUT2D eigenvalue weighted by molar-refractivity contribution is -0.140. The smallest absolute Gasteiger partial charge is 0.247 e. The highest BCUT2D eigenvalue weighted by Gasteiger charge is 2.29. The minimum Gasteiger partial charge on any atom is -0.497 e. The molecular formula is C25H26N2O3. The summed E-state index contributed by atoms with van der Waals surface area (Å²) < 4.78 is 5.21. The average molecular weight is 402 g/mol. The number of nitrogens with zero attached hydrogens (tertiary/aromatic N) is 1. The molecule has 3 aromatic rings. The Morgan fingerprint density at radius 2 is 1.47 bits per heavy atom. The van der Waals surface area contributed by atoms with E-state index in [0.29, 0.717) is 13.1 Å². The molecule has 0 saturated carbocycles. The molecule has 1 N–H and O–H groups in total. The Morgan fingerprint density at radius 1 is 0.867 bits per heavy atom. The van der Waals surface area contributed by atoms with Crippen molar-refractivity contribution >= 4 is 11.8 Å². The maximum absolute atomic E-state index is 13.2. The van der Waals surface area contributed by atoms with Gasteiger partial charge in [0.25, 0.3) is 0 Å². The number of hydrogen-bond donors (Lipinski definition) is 1. The second kappa shape index (κ2) is 10.3. The molecule has 0 spiro atoms. The van der Waals surface area contributed by atoms with Gasteiger partial charge in [0.2, 0.25) is 11.8 Å². The third-order valence-corrected chi connectivity index (χ3v) is 4.90. The molecule has 0 aliphatic heterocycles. The summed E-state index contributed by atoms with van der Waals surface area (Å²) in [6.45, 7) is 2.21. The van der Waals surface area contributed by atoms with Crippen LogP contribution in [0.15, 0.2) is 84.9 Å². The molecule has 0 unspecified atom stereocenters. The second-order valence-corrected chi connectivity index (χ2v) is 7.01. The lowest BCUT2D eigenvalue weighted by atomic mass is 10.0. The van der Waals surface area contributed by atoms with Gasteiger partial charge in [-0.1, -0.05) is 72.8 Å². The van der Waals surface area contributed by atoms with Crippen LogP contribution < -0.4 is 10.1 Å². The Morgan fingerprint density at radius 3 is 2.03 bits per heavy atom. The number of nitrogens with one attached hydrogen (secondary N) is 1. The Hall–Kier alpha value is -3.60. The first kappa shape index (κ1) is 21.1. The Kier molecular flexibility index (Phi) is 7.22. The number of amides is 2. The van der Waals surface area contributed by atoms with Crippen LogP contribution in [-0.4, -0.2) is 23.8 Å². The molecule has 0 radical (unpaired) electrons. The van der Waals surface area contributed by atoms with Crippen molar-refractivity contribution in [2.45, 2.75) is 26.1 Å². The molecule has 5 heteroatoms. The molecule has 0 bridgehead atoms. The highest BCUT2D eigenvalue weighted by Crippen LogP contribution is 2.24. The van der Waals surface area contributed by atoms with Gasteiger partial charge in [0, 0.05) is 20.0 Å². The molecule has 3 rings (SSSR count). The van der Waals surface area contributed by atoms with Crippen molar-refractivity contribution in [1.82, 2.24) is 10.2 Å². The third kappa shape index (κ3) is 5.47. The maximum Gasteiger partial charge on any atom is 0.247 e. The van der Waals surface area contributed by atoms with Gasteiger partial charge < -0.3 is 15.0 Å². The van der Waals surface area contributed by atoms with Crippen LogP contribution >= 0.6 is 0 Å². The van der Waals surface area contributed by atoms with E-state index >= 15 is 0 Å². The zero-order chi connectivity index (χ0) is 21.3. The summed E-state index contributed by atoms with van der Waals surface area (Å²) in [6.07, 6.45) is 0. The van der Waals surface area contributed by atoms with Crippen LogP contribution in [0.3, 0.4) is 0 Å². The SMILES string of the molecule is COc1ccc(CN(C(C)=O)[C@H](C(=O)NCc2ccccc2)c2ccccc2)cc1. The van der Waals surface area contributed by atoms with E-state index in [9.17, 15) is 9.59 Å². The first-order chi connectivity index (χ1) is 14.6. The van der Waals surface area contributed by atoms with Gasteiger partial charge in [-0.3, -0.25) is 9.59 Å². The fourth-order valence-corrected chi connectivity index (χ4v) is 3.30. The van der Waals surface area contributed by atoms with Crippen molar-refractivity contribution in [1.29, 1.82) is 0 Å². The molecule has 0 heterocycles. The summed E-state index contributed by atoms with van der Waals surface area (Å²) in [4.78, 5) is 27.4. The quantitative estimate of drug-likeness (QED) is 0.617. The number of carbonyl (C=O) groups excluding carboxylic acids is 2. The van der Waals surface area contributed by atoms with Crippen LogP contribution in [0.2, 0.25) is 0 Å². The van der Waals surface area contributed by atoms with Crippen LogP contribution in [0.25, 0.3) is 0 Å². The highest BCUT2D eigenvalue weighted by molar-refractivity contribution is 5.88. The fraction of sp³-hybridized carbons (Fsp3) is 0.200. The lowest BCUT2D eigenvalue weighted by Crippen LogP contribution is -2.42. The first-order valence-corrected chi connectivity index (χ1v) is 9.85. The molecule has 0 aliphatic rings. The summed E-state index contributed by atoms with van der Waals surface area (Å²) in [5.74, 6) is 0.358. The van der Waals surface area contributed by atoms with E-state index in [1.807, 2.05) is 84.9 Å². The van der Waals surface area contributed by atoms with Crippen LogP contribution in [0.1, 0.15) is 29.7 Å². The topological polar surface area (TPSA) is 58.6 Å². The Balaban J connectivity index is 1.86. The van der Waals surface area contributed by atoms with Crippen molar-refractivity contribution in [2.24, 2.45) is 0 Å². The van der Waals surface area contributed by atoms with E-state index in [0.717, 1.165) is 22.4 Å². The van der Waals surface area contributed by atoms with Gasteiger partial charge in [0.05, 0.1) is 7.11 Å². The zero-order valence-electron chi connectivity index (χ0n) is 17.2. The van der Waals surface area contributed by atoms with Crippen LogP contribution in [0.4, 0.5) is 0 Å². The predicted octanol–water partition coefficient (Wildman–Crippen LogP) is 4.10.